The maximum Gasteiger partial charge on any atom is 0.224 e. The zero-order valence-electron chi connectivity index (χ0n) is 50.0. The number of carbonyl (C=O) groups excluding carboxylic acids is 1. The lowest BCUT2D eigenvalue weighted by Gasteiger charge is -2.29. The monoisotopic (exact) mass is 1030 g/mol. The SMILES string of the molecule is CC(C)c1ccc(/C=C/CN(C)C)cc1.CC(C)c1ccc(/C=C/CN2CCCCC2)cc1.CC(C)c1ccc2c(ccn2C)c1.CC(C)c1cccnc1.CN1CCC(NC(=O)Cc2ccc(C(C)(C)C)cc2)CC1. The second-order valence-electron chi connectivity index (χ2n) is 23.7. The highest BCUT2D eigenvalue weighted by Crippen LogP contribution is 2.24. The molecule has 1 amide bonds. The van der Waals surface area contributed by atoms with Crippen molar-refractivity contribution >= 4 is 29.0 Å². The summed E-state index contributed by atoms with van der Waals surface area (Å²) in [5.74, 6) is 2.59. The number of aryl methyl sites for hydroxylation is 1. The second-order valence-corrected chi connectivity index (χ2v) is 23.7. The molecule has 76 heavy (non-hydrogen) atoms. The third-order valence-corrected chi connectivity index (χ3v) is 14.3. The number of amides is 1. The van der Waals surface area contributed by atoms with E-state index in [1.807, 2.05) is 12.3 Å². The minimum atomic E-state index is 0.146. The summed E-state index contributed by atoms with van der Waals surface area (Å²) in [7, 11) is 8.37. The maximum absolute atomic E-state index is 12.1. The molecular formula is C69H100N6O. The third-order valence-electron chi connectivity index (χ3n) is 14.3. The van der Waals surface area contributed by atoms with Crippen molar-refractivity contribution in [3.8, 4) is 0 Å². The average molecular weight is 1030 g/mol. The van der Waals surface area contributed by atoms with Gasteiger partial charge in [-0.2, -0.15) is 0 Å². The number of likely N-dealkylation sites (N-methyl/N-ethyl adjacent to an activating group) is 1. The van der Waals surface area contributed by atoms with Gasteiger partial charge in [-0.3, -0.25) is 14.7 Å². The van der Waals surface area contributed by atoms with E-state index >= 15 is 0 Å². The molecule has 4 heterocycles. The van der Waals surface area contributed by atoms with Crippen LogP contribution in [0.1, 0.15) is 176 Å². The molecule has 0 bridgehead atoms. The number of carbonyl (C=O) groups is 1. The molecule has 0 radical (unpaired) electrons. The lowest BCUT2D eigenvalue weighted by atomic mass is 9.86. The molecule has 0 atom stereocenters. The molecule has 1 N–H and O–H groups in total. The van der Waals surface area contributed by atoms with Gasteiger partial charge in [-0.1, -0.05) is 192 Å². The van der Waals surface area contributed by atoms with Gasteiger partial charge in [0.15, 0.2) is 0 Å². The van der Waals surface area contributed by atoms with E-state index in [1.165, 1.54) is 82.2 Å². The number of aromatic nitrogens is 2. The van der Waals surface area contributed by atoms with Gasteiger partial charge in [0.25, 0.3) is 0 Å². The van der Waals surface area contributed by atoms with E-state index in [2.05, 4.69) is 268 Å². The Hall–Kier alpha value is -5.60. The van der Waals surface area contributed by atoms with Crippen LogP contribution in [0, 0.1) is 0 Å². The van der Waals surface area contributed by atoms with Crippen molar-refractivity contribution in [1.29, 1.82) is 0 Å². The molecule has 0 aliphatic carbocycles. The predicted octanol–water partition coefficient (Wildman–Crippen LogP) is 15.9. The number of nitrogens with one attached hydrogen (secondary N) is 1. The third kappa shape index (κ3) is 23.7. The Morgan fingerprint density at radius 2 is 1.20 bits per heavy atom. The fraction of sp³-hybridized carbons (Fsp3) is 0.478. The van der Waals surface area contributed by atoms with Gasteiger partial charge >= 0.3 is 0 Å². The quantitative estimate of drug-likeness (QED) is 0.125. The molecule has 2 aliphatic rings. The number of pyridine rings is 1. The normalized spacial score (nSPS) is 14.6. The van der Waals surface area contributed by atoms with Crippen LogP contribution in [0.4, 0.5) is 0 Å². The van der Waals surface area contributed by atoms with Crippen LogP contribution in [0.25, 0.3) is 23.1 Å². The molecule has 2 aliphatic heterocycles. The number of piperidine rings is 2. The van der Waals surface area contributed by atoms with Crippen LogP contribution in [0.15, 0.2) is 140 Å². The summed E-state index contributed by atoms with van der Waals surface area (Å²) in [4.78, 5) is 23.1. The molecule has 4 aromatic carbocycles. The molecule has 0 unspecified atom stereocenters. The Morgan fingerprint density at radius 3 is 1.68 bits per heavy atom. The minimum Gasteiger partial charge on any atom is -0.353 e. The first kappa shape index (κ1) is 62.9. The molecule has 412 valence electrons. The van der Waals surface area contributed by atoms with Crippen LogP contribution in [-0.4, -0.2) is 96.6 Å². The summed E-state index contributed by atoms with van der Waals surface area (Å²) in [6.45, 7) is 31.1. The van der Waals surface area contributed by atoms with Crippen molar-refractivity contribution in [1.82, 2.24) is 29.6 Å². The predicted molar refractivity (Wildman–Crippen MR) is 331 cm³/mol. The van der Waals surface area contributed by atoms with E-state index < -0.39 is 0 Å². The molecule has 6 aromatic rings. The second kappa shape index (κ2) is 32.9. The summed E-state index contributed by atoms with van der Waals surface area (Å²) in [6, 6.07) is 39.4. The van der Waals surface area contributed by atoms with Gasteiger partial charge in [0.05, 0.1) is 6.42 Å². The van der Waals surface area contributed by atoms with Gasteiger partial charge in [-0.15, -0.1) is 0 Å². The van der Waals surface area contributed by atoms with Gasteiger partial charge in [-0.25, -0.2) is 0 Å². The van der Waals surface area contributed by atoms with Crippen molar-refractivity contribution < 1.29 is 4.79 Å². The van der Waals surface area contributed by atoms with Gasteiger partial charge in [0.2, 0.25) is 5.91 Å². The van der Waals surface area contributed by atoms with Crippen LogP contribution in [0.2, 0.25) is 0 Å². The van der Waals surface area contributed by atoms with Gasteiger partial charge in [0, 0.05) is 50.3 Å². The first-order valence-electron chi connectivity index (χ1n) is 28.6. The van der Waals surface area contributed by atoms with E-state index in [4.69, 9.17) is 0 Å². The lowest BCUT2D eigenvalue weighted by molar-refractivity contribution is -0.121. The van der Waals surface area contributed by atoms with Crippen molar-refractivity contribution in [2.45, 2.75) is 150 Å². The number of rotatable bonds is 13. The first-order chi connectivity index (χ1) is 36.2. The number of fused-ring (bicyclic) bond motifs is 1. The maximum atomic E-state index is 12.1. The Morgan fingerprint density at radius 1 is 0.658 bits per heavy atom. The smallest absolute Gasteiger partial charge is 0.224 e. The molecule has 0 spiro atoms. The molecular weight excluding hydrogens is 929 g/mol. The summed E-state index contributed by atoms with van der Waals surface area (Å²) < 4.78 is 2.15. The van der Waals surface area contributed by atoms with Crippen LogP contribution < -0.4 is 5.32 Å². The van der Waals surface area contributed by atoms with E-state index in [-0.39, 0.29) is 11.3 Å². The van der Waals surface area contributed by atoms with E-state index in [0.717, 1.165) is 44.6 Å². The molecule has 2 saturated heterocycles. The summed E-state index contributed by atoms with van der Waals surface area (Å²) in [5, 5.41) is 4.51. The first-order valence-corrected chi connectivity index (χ1v) is 28.6. The number of likely N-dealkylation sites (tertiary alicyclic amines) is 2. The fourth-order valence-corrected chi connectivity index (χ4v) is 8.98. The zero-order valence-corrected chi connectivity index (χ0v) is 50.0. The Balaban J connectivity index is 0.000000210. The fourth-order valence-electron chi connectivity index (χ4n) is 8.98. The topological polar surface area (TPSA) is 56.6 Å². The standard InChI is InChI=1S/C18H28N2O.C17H25N.C14H21N.C12H15N.C8H11N/c1-18(2,3)15-7-5-14(6-8-15)13-17(21)19-16-9-11-20(4)12-10-16;1-15(2)17-10-8-16(9-11-17)7-6-14-18-12-4-3-5-13-18;1-12(2)14-9-7-13(8-10-14)6-5-11-15(3)4;1-9(2)10-4-5-12-11(8-10)6-7-13(12)3;1-7(2)8-4-3-5-9-6-8/h5-8,16H,9-13H2,1-4H3,(H,19,21);6-11,15H,3-5,12-14H2,1-2H3;5-10,12H,11H2,1-4H3;4-9H,1-3H3;3-7H,1-2H3/b;7-6+;6-5+;;. The number of hydrogen-bond donors (Lipinski definition) is 1. The Labute approximate surface area is 462 Å². The number of benzene rings is 4. The Bertz CT molecular complexity index is 2560. The largest absolute Gasteiger partial charge is 0.353 e. The molecule has 0 saturated carbocycles. The summed E-state index contributed by atoms with van der Waals surface area (Å²) in [5.41, 5.74) is 12.0. The van der Waals surface area contributed by atoms with E-state index in [9.17, 15) is 4.79 Å². The highest BCUT2D eigenvalue weighted by molar-refractivity contribution is 5.81. The molecule has 2 aromatic heterocycles. The van der Waals surface area contributed by atoms with Crippen LogP contribution >= 0.6 is 0 Å². The van der Waals surface area contributed by atoms with E-state index in [0.29, 0.717) is 36.1 Å². The van der Waals surface area contributed by atoms with Crippen molar-refractivity contribution in [3.63, 3.8) is 0 Å². The lowest BCUT2D eigenvalue weighted by Crippen LogP contribution is -2.43. The highest BCUT2D eigenvalue weighted by atomic mass is 16.1. The van der Waals surface area contributed by atoms with Gasteiger partial charge in [-0.05, 0) is 176 Å². The zero-order chi connectivity index (χ0) is 55.6. The minimum absolute atomic E-state index is 0.146. The van der Waals surface area contributed by atoms with Crippen LogP contribution in [0.3, 0.4) is 0 Å². The van der Waals surface area contributed by atoms with Crippen molar-refractivity contribution in [3.05, 3.63) is 184 Å². The van der Waals surface area contributed by atoms with Crippen molar-refractivity contribution in [2.75, 3.05) is 60.4 Å². The average Bonchev–Trinajstić information content (AvgIpc) is 3.77. The van der Waals surface area contributed by atoms with E-state index in [1.54, 1.807) is 6.20 Å². The highest BCUT2D eigenvalue weighted by Gasteiger charge is 2.19. The van der Waals surface area contributed by atoms with Crippen LogP contribution in [-0.2, 0) is 23.7 Å². The van der Waals surface area contributed by atoms with Crippen molar-refractivity contribution in [2.24, 2.45) is 7.05 Å². The molecule has 2 fully saturated rings. The van der Waals surface area contributed by atoms with Crippen LogP contribution in [0.5, 0.6) is 0 Å². The summed E-state index contributed by atoms with van der Waals surface area (Å²) in [6.07, 6.45) is 21.5. The molecule has 7 heteroatoms. The number of nitrogens with zero attached hydrogens (tertiary/aromatic N) is 5. The Kier molecular flexibility index (Phi) is 27.2. The number of hydrogen-bond acceptors (Lipinski definition) is 5. The molecule has 8 rings (SSSR count). The summed E-state index contributed by atoms with van der Waals surface area (Å²) >= 11 is 0. The molecule has 7 nitrogen and oxygen atoms in total. The van der Waals surface area contributed by atoms with Gasteiger partial charge in [0.1, 0.15) is 0 Å². The van der Waals surface area contributed by atoms with Gasteiger partial charge < -0.3 is 19.7 Å².